The van der Waals surface area contributed by atoms with Gasteiger partial charge in [-0.2, -0.15) is 0 Å². The molecule has 0 bridgehead atoms. The molecule has 0 spiro atoms. The van der Waals surface area contributed by atoms with Gasteiger partial charge in [-0.1, -0.05) is 340 Å². The van der Waals surface area contributed by atoms with E-state index in [1.54, 1.807) is 0 Å². The van der Waals surface area contributed by atoms with Crippen molar-refractivity contribution in [3.63, 3.8) is 0 Å². The van der Waals surface area contributed by atoms with Crippen LogP contribution in [0.1, 0.15) is 228 Å². The van der Waals surface area contributed by atoms with Crippen LogP contribution in [0.25, 0.3) is 29.2 Å². The molecular weight excluding hydrogens is 1500 g/mol. The average Bonchev–Trinajstić information content (AvgIpc) is 4.13. The minimum Gasteiger partial charge on any atom is -0.699 e. The number of hydrogen-bond donors (Lipinski definition) is 0. The second-order valence-electron chi connectivity index (χ2n) is 31.4. The van der Waals surface area contributed by atoms with Gasteiger partial charge in [-0.3, -0.25) is 0 Å². The molecule has 2 fully saturated rings. The zero-order valence-electron chi connectivity index (χ0n) is 62.2. The van der Waals surface area contributed by atoms with Gasteiger partial charge in [0.2, 0.25) is 0 Å². The van der Waals surface area contributed by atoms with E-state index < -0.39 is 49.7 Å². The van der Waals surface area contributed by atoms with Crippen LogP contribution < -0.4 is 0 Å². The second-order valence-corrected chi connectivity index (χ2v) is 57.4. The SMILES string of the molecule is C1CCOC1.C1CCOC1.CC(C)c1cccc(C(C)C)c1[N-][Si](C)(C)[N-]c1c(C(C)C)cccc1C(C)C.CC(C)c1cccc(C(C)C)c1[N-][Si](C)(C)[N-]c1c(C(C)C)cccc1C(C)C.C[Si](C)(C)[N-][Si](C)(C)C.C[Si](C)(C)[N-][Si](C)(C)C.[Yb+3].[Yb+3]. The smallest absolute Gasteiger partial charge is 0.699 e. The molecule has 0 aromatic heterocycles. The number of nitrogens with zero attached hydrogens (tertiary/aromatic N) is 6. The van der Waals surface area contributed by atoms with Crippen molar-refractivity contribution in [2.75, 3.05) is 26.4 Å². The predicted octanol–water partition coefficient (Wildman–Crippen LogP) is 26.8. The molecule has 2 radical (unpaired) electrons. The van der Waals surface area contributed by atoms with E-state index in [9.17, 15) is 0 Å². The molecule has 0 saturated carbocycles. The Morgan fingerprint density at radius 3 is 0.477 bits per heavy atom. The van der Waals surface area contributed by atoms with E-state index in [4.69, 9.17) is 38.7 Å². The zero-order valence-corrected chi connectivity index (χ0v) is 71.7. The van der Waals surface area contributed by atoms with Crippen LogP contribution in [0.4, 0.5) is 22.7 Å². The molecule has 4 aromatic rings. The molecule has 2 aliphatic heterocycles. The molecule has 514 valence electrons. The summed E-state index contributed by atoms with van der Waals surface area (Å²) >= 11 is 0. The van der Waals surface area contributed by atoms with Crippen molar-refractivity contribution in [1.82, 2.24) is 0 Å². The van der Waals surface area contributed by atoms with Crippen molar-refractivity contribution in [2.45, 2.75) is 289 Å². The van der Waals surface area contributed by atoms with Gasteiger partial charge in [-0.15, -0.1) is 65.7 Å². The van der Waals surface area contributed by atoms with Gasteiger partial charge in [0.15, 0.2) is 0 Å². The third kappa shape index (κ3) is 37.0. The fourth-order valence-electron chi connectivity index (χ4n) is 10.7. The fraction of sp³-hybridized carbons (Fsp3) is 0.667. The fourth-order valence-corrected chi connectivity index (χ4v) is 30.2. The van der Waals surface area contributed by atoms with Crippen LogP contribution in [-0.2, 0) is 9.47 Å². The molecule has 16 heteroatoms. The Morgan fingerprint density at radius 2 is 0.398 bits per heavy atom. The average molecular weight is 1630 g/mol. The number of hydrogen-bond acceptors (Lipinski definition) is 2. The van der Waals surface area contributed by atoms with Gasteiger partial charge in [-0.05, 0) is 73.0 Å². The number of ether oxygens (including phenoxy) is 2. The van der Waals surface area contributed by atoms with Crippen LogP contribution in [-0.4, -0.2) is 76.2 Å². The number of rotatable bonds is 20. The van der Waals surface area contributed by atoms with Gasteiger partial charge < -0.3 is 38.7 Å². The summed E-state index contributed by atoms with van der Waals surface area (Å²) in [6, 6.07) is 26.6. The zero-order chi connectivity index (χ0) is 66.3. The summed E-state index contributed by atoms with van der Waals surface area (Å²) in [4.78, 5) is 21.6. The first-order valence-electron chi connectivity index (χ1n) is 33.4. The van der Waals surface area contributed by atoms with E-state index in [2.05, 4.69) is 288 Å². The van der Waals surface area contributed by atoms with Gasteiger partial charge in [-0.25, -0.2) is 0 Å². The maximum atomic E-state index is 5.40. The van der Waals surface area contributed by atoms with Gasteiger partial charge >= 0.3 is 93.8 Å². The molecule has 8 nitrogen and oxygen atoms in total. The molecule has 0 unspecified atom stereocenters. The van der Waals surface area contributed by atoms with E-state index in [1.807, 2.05) is 0 Å². The summed E-state index contributed by atoms with van der Waals surface area (Å²) in [6.07, 6.45) is 5.11. The van der Waals surface area contributed by atoms with E-state index in [0.717, 1.165) is 26.4 Å². The van der Waals surface area contributed by atoms with Gasteiger partial charge in [0.1, 0.15) is 0 Å². The minimum atomic E-state index is -2.24. The Bertz CT molecular complexity index is 2100. The molecule has 88 heavy (non-hydrogen) atoms. The molecule has 2 saturated heterocycles. The van der Waals surface area contributed by atoms with E-state index >= 15 is 0 Å². The van der Waals surface area contributed by atoms with Crippen LogP contribution in [0, 0.1) is 93.8 Å². The summed E-state index contributed by atoms with van der Waals surface area (Å²) in [5.74, 6) is 3.60. The van der Waals surface area contributed by atoms with Crippen molar-refractivity contribution in [3.8, 4) is 0 Å². The topological polar surface area (TPSA) is 103 Å². The largest absolute Gasteiger partial charge is 3.00 e. The first-order chi connectivity index (χ1) is 39.3. The molecule has 0 atom stereocenters. The van der Waals surface area contributed by atoms with E-state index in [-0.39, 0.29) is 93.8 Å². The Labute approximate surface area is 629 Å². The standard InChI is InChI=1S/2C26H40N2Si.2C6H18NSi2.2C4H8O.2Yb/c2*1-17(2)21-13-11-14-22(18(3)4)25(21)27-29(9,10)28-26-23(19(5)6)15-12-16-24(26)20(7)8;2*1-8(2,3)7-9(4,5)6;2*1-2-4-5-3-1;;/h2*11-20H,1-10H3;2*1-6H3;2*1-4H2;;/q2*-2;2*-1;;;2*+3. The van der Waals surface area contributed by atoms with Crippen molar-refractivity contribution in [2.24, 2.45) is 0 Å². The van der Waals surface area contributed by atoms with Gasteiger partial charge in [0.25, 0.3) is 0 Å². The van der Waals surface area contributed by atoms with E-state index in [1.165, 1.54) is 92.9 Å². The first kappa shape index (κ1) is 90.3. The van der Waals surface area contributed by atoms with Crippen LogP contribution in [0.5, 0.6) is 0 Å². The van der Waals surface area contributed by atoms with Crippen LogP contribution in [0.2, 0.25) is 105 Å². The van der Waals surface area contributed by atoms with Crippen molar-refractivity contribution < 1.29 is 103 Å². The summed E-state index contributed by atoms with van der Waals surface area (Å²) in [6.45, 7) is 76.8. The van der Waals surface area contributed by atoms with Gasteiger partial charge in [0, 0.05) is 26.4 Å². The van der Waals surface area contributed by atoms with Crippen molar-refractivity contribution in [1.29, 1.82) is 0 Å². The molecule has 0 aliphatic carbocycles. The maximum Gasteiger partial charge on any atom is 3.00 e. The maximum absolute atomic E-state index is 5.40. The van der Waals surface area contributed by atoms with Crippen molar-refractivity contribution in [3.05, 3.63) is 147 Å². The number of benzene rings is 4. The van der Waals surface area contributed by atoms with Crippen LogP contribution >= 0.6 is 0 Å². The van der Waals surface area contributed by atoms with Crippen LogP contribution in [0.3, 0.4) is 0 Å². The van der Waals surface area contributed by atoms with Crippen LogP contribution in [0.15, 0.2) is 72.8 Å². The molecule has 0 amide bonds. The molecule has 2 heterocycles. The molecule has 6 rings (SSSR count). The minimum absolute atomic E-state index is 0. The van der Waals surface area contributed by atoms with E-state index in [0.29, 0.717) is 47.3 Å². The molecule has 2 aliphatic rings. The normalized spacial score (nSPS) is 13.7. The molecule has 4 aromatic carbocycles. The monoisotopic (exact) mass is 1630 g/mol. The quantitative estimate of drug-likeness (QED) is 0.0823. The summed E-state index contributed by atoms with van der Waals surface area (Å²) < 4.78 is 19.5. The predicted molar refractivity (Wildman–Crippen MR) is 406 cm³/mol. The third-order valence-electron chi connectivity index (χ3n) is 13.9. The summed E-state index contributed by atoms with van der Waals surface area (Å²) in [5, 5.41) is 0. The Hall–Kier alpha value is 0.260. The summed E-state index contributed by atoms with van der Waals surface area (Å²) in [7, 11) is -8.91. The van der Waals surface area contributed by atoms with Crippen molar-refractivity contribution >= 4 is 72.5 Å². The first-order valence-corrected chi connectivity index (χ1v) is 52.9. The van der Waals surface area contributed by atoms with Gasteiger partial charge in [0.05, 0.1) is 0 Å². The Kier molecular flexibility index (Phi) is 43.2. The summed E-state index contributed by atoms with van der Waals surface area (Å²) in [5.41, 5.74) is 15.5. The Balaban J connectivity index is 0. The second kappa shape index (κ2) is 42.1. The Morgan fingerprint density at radius 1 is 0.261 bits per heavy atom. The molecule has 0 N–H and O–H groups in total. The molecular formula is C72H132N6O2Si6Yb2. The third-order valence-corrected chi connectivity index (χ3v) is 27.7.